The van der Waals surface area contributed by atoms with E-state index in [2.05, 4.69) is 29.1 Å². The van der Waals surface area contributed by atoms with Crippen LogP contribution in [0.15, 0.2) is 22.6 Å². The monoisotopic (exact) mass is 261 g/mol. The highest BCUT2D eigenvalue weighted by Crippen LogP contribution is 2.17. The van der Waals surface area contributed by atoms with Gasteiger partial charge in [0.05, 0.1) is 0 Å². The molecule has 0 spiro atoms. The van der Waals surface area contributed by atoms with Gasteiger partial charge in [0.15, 0.2) is 11.5 Å². The summed E-state index contributed by atoms with van der Waals surface area (Å²) in [7, 11) is 2.16. The van der Waals surface area contributed by atoms with Crippen LogP contribution < -0.4 is 5.73 Å². The summed E-state index contributed by atoms with van der Waals surface area (Å²) < 4.78 is 5.48. The van der Waals surface area contributed by atoms with Crippen LogP contribution in [0.3, 0.4) is 0 Å². The molecule has 0 aliphatic carbocycles. The zero-order valence-electron chi connectivity index (χ0n) is 11.9. The molecule has 0 amide bonds. The number of fused-ring (bicyclic) bond motifs is 1. The summed E-state index contributed by atoms with van der Waals surface area (Å²) in [5.41, 5.74) is 8.64. The van der Waals surface area contributed by atoms with E-state index in [4.69, 9.17) is 10.2 Å². The van der Waals surface area contributed by atoms with Crippen LogP contribution in [0.25, 0.3) is 11.1 Å². The number of aromatic nitrogens is 1. The largest absolute Gasteiger partial charge is 0.441 e. The Hall–Kier alpha value is -1.39. The van der Waals surface area contributed by atoms with Gasteiger partial charge in [-0.25, -0.2) is 4.98 Å². The molecule has 0 aliphatic heterocycles. The van der Waals surface area contributed by atoms with Crippen molar-refractivity contribution in [3.05, 3.63) is 29.7 Å². The molecule has 0 atom stereocenters. The van der Waals surface area contributed by atoms with Gasteiger partial charge in [-0.2, -0.15) is 0 Å². The zero-order chi connectivity index (χ0) is 13.7. The number of unbranched alkanes of at least 4 members (excludes halogenated alkanes) is 1. The summed E-state index contributed by atoms with van der Waals surface area (Å²) in [5.74, 6) is 0.728. The van der Waals surface area contributed by atoms with Crippen molar-refractivity contribution in [1.29, 1.82) is 0 Å². The topological polar surface area (TPSA) is 55.3 Å². The standard InChI is InChI=1S/C15H23N3O/c1-12-17-14-11-13(5-6-15(14)19-12)7-10-18(2)9-4-3-8-16/h5-6,11H,3-4,7-10,16H2,1-2H3. The lowest BCUT2D eigenvalue weighted by Crippen LogP contribution is -2.23. The number of hydrogen-bond acceptors (Lipinski definition) is 4. The van der Waals surface area contributed by atoms with E-state index >= 15 is 0 Å². The number of hydrogen-bond donors (Lipinski definition) is 1. The predicted molar refractivity (Wildman–Crippen MR) is 78.2 cm³/mol. The SMILES string of the molecule is Cc1nc2cc(CCN(C)CCCCN)ccc2o1. The average Bonchev–Trinajstić information content (AvgIpc) is 2.76. The van der Waals surface area contributed by atoms with Gasteiger partial charge in [0, 0.05) is 13.5 Å². The number of benzene rings is 1. The number of aryl methyl sites for hydroxylation is 1. The number of oxazole rings is 1. The fourth-order valence-corrected chi connectivity index (χ4v) is 2.20. The second-order valence-electron chi connectivity index (χ2n) is 5.08. The van der Waals surface area contributed by atoms with Crippen LogP contribution in [-0.2, 0) is 6.42 Å². The summed E-state index contributed by atoms with van der Waals surface area (Å²) in [6.45, 7) is 4.84. The van der Waals surface area contributed by atoms with Gasteiger partial charge < -0.3 is 15.1 Å². The Morgan fingerprint density at radius 2 is 2.11 bits per heavy atom. The first-order valence-electron chi connectivity index (χ1n) is 6.93. The molecular formula is C15H23N3O. The lowest BCUT2D eigenvalue weighted by molar-refractivity contribution is 0.331. The molecule has 1 heterocycles. The Morgan fingerprint density at radius 1 is 1.26 bits per heavy atom. The summed E-state index contributed by atoms with van der Waals surface area (Å²) in [6.07, 6.45) is 3.32. The summed E-state index contributed by atoms with van der Waals surface area (Å²) >= 11 is 0. The maximum Gasteiger partial charge on any atom is 0.192 e. The molecule has 0 aliphatic rings. The number of nitrogens with two attached hydrogens (primary N) is 1. The highest BCUT2D eigenvalue weighted by Gasteiger charge is 2.04. The molecule has 2 aromatic rings. The van der Waals surface area contributed by atoms with Crippen molar-refractivity contribution in [2.45, 2.75) is 26.2 Å². The van der Waals surface area contributed by atoms with Crippen molar-refractivity contribution < 1.29 is 4.42 Å². The van der Waals surface area contributed by atoms with Gasteiger partial charge in [-0.3, -0.25) is 0 Å². The van der Waals surface area contributed by atoms with Crippen molar-refractivity contribution >= 4 is 11.1 Å². The van der Waals surface area contributed by atoms with Crippen LogP contribution in [0.4, 0.5) is 0 Å². The molecule has 2 N–H and O–H groups in total. The fraction of sp³-hybridized carbons (Fsp3) is 0.533. The molecule has 19 heavy (non-hydrogen) atoms. The third-order valence-electron chi connectivity index (χ3n) is 3.34. The van der Waals surface area contributed by atoms with Crippen LogP contribution in [-0.4, -0.2) is 36.6 Å². The van der Waals surface area contributed by atoms with E-state index in [1.807, 2.05) is 13.0 Å². The molecule has 0 radical (unpaired) electrons. The van der Waals surface area contributed by atoms with Gasteiger partial charge in [0.25, 0.3) is 0 Å². The molecule has 4 heteroatoms. The minimum Gasteiger partial charge on any atom is -0.441 e. The first-order valence-corrected chi connectivity index (χ1v) is 6.93. The van der Waals surface area contributed by atoms with Gasteiger partial charge in [-0.05, 0) is 57.1 Å². The maximum absolute atomic E-state index is 5.50. The smallest absolute Gasteiger partial charge is 0.192 e. The van der Waals surface area contributed by atoms with Crippen LogP contribution in [0.1, 0.15) is 24.3 Å². The second-order valence-corrected chi connectivity index (χ2v) is 5.08. The number of likely N-dealkylation sites (N-methyl/N-ethyl adjacent to an activating group) is 1. The van der Waals surface area contributed by atoms with E-state index in [0.29, 0.717) is 0 Å². The van der Waals surface area contributed by atoms with E-state index in [1.165, 1.54) is 12.0 Å². The van der Waals surface area contributed by atoms with Crippen LogP contribution in [0.2, 0.25) is 0 Å². The van der Waals surface area contributed by atoms with E-state index in [9.17, 15) is 0 Å². The molecule has 0 unspecified atom stereocenters. The highest BCUT2D eigenvalue weighted by molar-refractivity contribution is 5.73. The summed E-state index contributed by atoms with van der Waals surface area (Å²) in [6, 6.07) is 6.26. The number of rotatable bonds is 7. The van der Waals surface area contributed by atoms with Gasteiger partial charge >= 0.3 is 0 Å². The fourth-order valence-electron chi connectivity index (χ4n) is 2.20. The van der Waals surface area contributed by atoms with Crippen molar-refractivity contribution in [3.8, 4) is 0 Å². The van der Waals surface area contributed by atoms with Crippen molar-refractivity contribution in [1.82, 2.24) is 9.88 Å². The van der Waals surface area contributed by atoms with E-state index in [1.54, 1.807) is 0 Å². The molecule has 2 rings (SSSR count). The third-order valence-corrected chi connectivity index (χ3v) is 3.34. The van der Waals surface area contributed by atoms with Crippen LogP contribution >= 0.6 is 0 Å². The van der Waals surface area contributed by atoms with E-state index in [0.717, 1.165) is 49.5 Å². The Balaban J connectivity index is 1.87. The molecule has 0 saturated heterocycles. The average molecular weight is 261 g/mol. The molecule has 4 nitrogen and oxygen atoms in total. The second kappa shape index (κ2) is 6.68. The maximum atomic E-state index is 5.50. The lowest BCUT2D eigenvalue weighted by Gasteiger charge is -2.16. The van der Waals surface area contributed by atoms with Crippen molar-refractivity contribution in [2.24, 2.45) is 5.73 Å². The molecule has 104 valence electrons. The van der Waals surface area contributed by atoms with Gasteiger partial charge in [-0.1, -0.05) is 6.07 Å². The van der Waals surface area contributed by atoms with Crippen LogP contribution in [0, 0.1) is 6.92 Å². The lowest BCUT2D eigenvalue weighted by atomic mass is 10.1. The zero-order valence-corrected chi connectivity index (χ0v) is 11.9. The van der Waals surface area contributed by atoms with Crippen molar-refractivity contribution in [2.75, 3.05) is 26.7 Å². The van der Waals surface area contributed by atoms with Crippen LogP contribution in [0.5, 0.6) is 0 Å². The minimum absolute atomic E-state index is 0.728. The van der Waals surface area contributed by atoms with E-state index < -0.39 is 0 Å². The first kappa shape index (κ1) is 14.0. The first-order chi connectivity index (χ1) is 9.19. The van der Waals surface area contributed by atoms with E-state index in [-0.39, 0.29) is 0 Å². The third kappa shape index (κ3) is 4.04. The normalized spacial score (nSPS) is 11.6. The van der Waals surface area contributed by atoms with Gasteiger partial charge in [0.2, 0.25) is 0 Å². The van der Waals surface area contributed by atoms with Crippen molar-refractivity contribution in [3.63, 3.8) is 0 Å². The Morgan fingerprint density at radius 3 is 2.89 bits per heavy atom. The molecular weight excluding hydrogens is 238 g/mol. The Kier molecular flexibility index (Phi) is 4.93. The Bertz CT molecular complexity index is 521. The predicted octanol–water partition coefficient (Wildman–Crippen LogP) is 2.35. The highest BCUT2D eigenvalue weighted by atomic mass is 16.3. The molecule has 0 fully saturated rings. The quantitative estimate of drug-likeness (QED) is 0.777. The molecule has 0 saturated carbocycles. The summed E-state index contributed by atoms with van der Waals surface area (Å²) in [4.78, 5) is 6.72. The Labute approximate surface area is 114 Å². The molecule has 1 aromatic carbocycles. The summed E-state index contributed by atoms with van der Waals surface area (Å²) in [5, 5.41) is 0. The number of nitrogens with zero attached hydrogens (tertiary/aromatic N) is 2. The molecule has 0 bridgehead atoms. The minimum atomic E-state index is 0.728. The molecule has 1 aromatic heterocycles. The van der Waals surface area contributed by atoms with Gasteiger partial charge in [0.1, 0.15) is 5.52 Å². The van der Waals surface area contributed by atoms with Gasteiger partial charge in [-0.15, -0.1) is 0 Å².